The molecule has 1 aromatic rings. The Morgan fingerprint density at radius 2 is 2.00 bits per heavy atom. The highest BCUT2D eigenvalue weighted by atomic mass is 35.5. The summed E-state index contributed by atoms with van der Waals surface area (Å²) in [7, 11) is 0. The number of hydrogen-bond acceptors (Lipinski definition) is 1. The molecule has 0 bridgehead atoms. The smallest absolute Gasteiger partial charge is 0.0333 e. The molecular formula is C12H19ClS. The normalized spacial score (nSPS) is 13.1. The van der Waals surface area contributed by atoms with Crippen LogP contribution in [0.5, 0.6) is 0 Å². The standard InChI is InChI=1S/C12H19ClS/c1-3-10(13)6-5-7-12-9-8-11(4-2)14-12/h8-10H,3-7H2,1-2H3. The fraction of sp³-hybridized carbons (Fsp3) is 0.667. The van der Waals surface area contributed by atoms with Gasteiger partial charge < -0.3 is 0 Å². The van der Waals surface area contributed by atoms with Crippen molar-refractivity contribution in [2.24, 2.45) is 0 Å². The van der Waals surface area contributed by atoms with Crippen LogP contribution >= 0.6 is 22.9 Å². The van der Waals surface area contributed by atoms with Crippen LogP contribution in [0.1, 0.15) is 42.9 Å². The van der Waals surface area contributed by atoms with Gasteiger partial charge in [-0.1, -0.05) is 13.8 Å². The van der Waals surface area contributed by atoms with Crippen molar-refractivity contribution in [2.75, 3.05) is 0 Å². The number of hydrogen-bond donors (Lipinski definition) is 0. The lowest BCUT2D eigenvalue weighted by Gasteiger charge is -2.04. The molecule has 0 aromatic carbocycles. The van der Waals surface area contributed by atoms with Gasteiger partial charge in [0.2, 0.25) is 0 Å². The molecule has 0 saturated heterocycles. The van der Waals surface area contributed by atoms with E-state index in [0.29, 0.717) is 5.38 Å². The van der Waals surface area contributed by atoms with Gasteiger partial charge in [-0.3, -0.25) is 0 Å². The fourth-order valence-electron chi connectivity index (χ4n) is 1.45. The topological polar surface area (TPSA) is 0 Å². The van der Waals surface area contributed by atoms with Crippen LogP contribution in [-0.4, -0.2) is 5.38 Å². The van der Waals surface area contributed by atoms with Crippen LogP contribution in [0, 0.1) is 0 Å². The maximum absolute atomic E-state index is 6.07. The zero-order valence-electron chi connectivity index (χ0n) is 9.05. The SMILES string of the molecule is CCc1ccc(CCCC(Cl)CC)s1. The second-order valence-electron chi connectivity index (χ2n) is 3.62. The Morgan fingerprint density at radius 1 is 1.29 bits per heavy atom. The third-order valence-electron chi connectivity index (χ3n) is 2.45. The maximum atomic E-state index is 6.07. The number of halogens is 1. The quantitative estimate of drug-likeness (QED) is 0.624. The van der Waals surface area contributed by atoms with Crippen LogP contribution in [-0.2, 0) is 12.8 Å². The molecule has 0 nitrogen and oxygen atoms in total. The average molecular weight is 231 g/mol. The number of rotatable bonds is 6. The van der Waals surface area contributed by atoms with Crippen LogP contribution in [0.25, 0.3) is 0 Å². The minimum atomic E-state index is 0.376. The molecule has 1 aromatic heterocycles. The van der Waals surface area contributed by atoms with E-state index >= 15 is 0 Å². The molecule has 0 saturated carbocycles. The van der Waals surface area contributed by atoms with E-state index in [9.17, 15) is 0 Å². The molecule has 1 atom stereocenters. The van der Waals surface area contributed by atoms with Gasteiger partial charge in [-0.25, -0.2) is 0 Å². The summed E-state index contributed by atoms with van der Waals surface area (Å²) in [5.74, 6) is 0. The Morgan fingerprint density at radius 3 is 2.57 bits per heavy atom. The van der Waals surface area contributed by atoms with E-state index in [1.54, 1.807) is 0 Å². The van der Waals surface area contributed by atoms with E-state index in [-0.39, 0.29) is 0 Å². The van der Waals surface area contributed by atoms with Gasteiger partial charge in [-0.15, -0.1) is 22.9 Å². The lowest BCUT2D eigenvalue weighted by atomic mass is 10.1. The Balaban J connectivity index is 2.24. The highest BCUT2D eigenvalue weighted by molar-refractivity contribution is 7.11. The summed E-state index contributed by atoms with van der Waals surface area (Å²) in [5, 5.41) is 0.376. The van der Waals surface area contributed by atoms with Crippen LogP contribution < -0.4 is 0 Å². The third-order valence-corrected chi connectivity index (χ3v) is 4.27. The monoisotopic (exact) mass is 230 g/mol. The highest BCUT2D eigenvalue weighted by Gasteiger charge is 2.02. The second-order valence-corrected chi connectivity index (χ2v) is 5.49. The molecule has 1 unspecified atom stereocenters. The second kappa shape index (κ2) is 6.47. The number of aryl methyl sites for hydroxylation is 2. The van der Waals surface area contributed by atoms with Crippen LogP contribution in [0.2, 0.25) is 0 Å². The van der Waals surface area contributed by atoms with Gasteiger partial charge >= 0.3 is 0 Å². The van der Waals surface area contributed by atoms with Crippen molar-refractivity contribution >= 4 is 22.9 Å². The summed E-state index contributed by atoms with van der Waals surface area (Å²) in [5.41, 5.74) is 0. The Bertz CT molecular complexity index is 255. The summed E-state index contributed by atoms with van der Waals surface area (Å²) < 4.78 is 0. The van der Waals surface area contributed by atoms with E-state index in [4.69, 9.17) is 11.6 Å². The summed E-state index contributed by atoms with van der Waals surface area (Å²) in [6.07, 6.45) is 5.83. The lowest BCUT2D eigenvalue weighted by molar-refractivity contribution is 0.678. The first-order chi connectivity index (χ1) is 6.76. The van der Waals surface area contributed by atoms with Crippen LogP contribution in [0.3, 0.4) is 0 Å². The molecule has 2 heteroatoms. The molecule has 0 aliphatic carbocycles. The van der Waals surface area contributed by atoms with Crippen molar-refractivity contribution < 1.29 is 0 Å². The zero-order chi connectivity index (χ0) is 10.4. The predicted molar refractivity (Wildman–Crippen MR) is 66.6 cm³/mol. The van der Waals surface area contributed by atoms with Crippen molar-refractivity contribution in [3.63, 3.8) is 0 Å². The van der Waals surface area contributed by atoms with Crippen molar-refractivity contribution in [3.8, 4) is 0 Å². The average Bonchev–Trinajstić information content (AvgIpc) is 2.65. The van der Waals surface area contributed by atoms with Crippen molar-refractivity contribution in [2.45, 2.75) is 51.3 Å². The first-order valence-electron chi connectivity index (χ1n) is 5.47. The third kappa shape index (κ3) is 4.02. The summed E-state index contributed by atoms with van der Waals surface area (Å²) in [6.45, 7) is 4.36. The molecule has 0 amide bonds. The molecule has 80 valence electrons. The molecule has 0 fully saturated rings. The van der Waals surface area contributed by atoms with Gasteiger partial charge in [0.05, 0.1) is 0 Å². The minimum absolute atomic E-state index is 0.376. The molecular weight excluding hydrogens is 212 g/mol. The van der Waals surface area contributed by atoms with Crippen molar-refractivity contribution in [3.05, 3.63) is 21.9 Å². The Hall–Kier alpha value is -0.0100. The lowest BCUT2D eigenvalue weighted by Crippen LogP contribution is -1.96. The zero-order valence-corrected chi connectivity index (χ0v) is 10.6. The Kier molecular flexibility index (Phi) is 5.57. The van der Waals surface area contributed by atoms with Crippen LogP contribution in [0.4, 0.5) is 0 Å². The number of thiophene rings is 1. The van der Waals surface area contributed by atoms with Gasteiger partial charge in [-0.2, -0.15) is 0 Å². The molecule has 0 spiro atoms. The maximum Gasteiger partial charge on any atom is 0.0333 e. The van der Waals surface area contributed by atoms with Gasteiger partial charge in [-0.05, 0) is 44.2 Å². The minimum Gasteiger partial charge on any atom is -0.145 e. The number of alkyl halides is 1. The largest absolute Gasteiger partial charge is 0.145 e. The molecule has 0 radical (unpaired) electrons. The van der Waals surface area contributed by atoms with E-state index in [1.165, 1.54) is 22.6 Å². The van der Waals surface area contributed by atoms with Gasteiger partial charge in [0, 0.05) is 15.1 Å². The van der Waals surface area contributed by atoms with E-state index in [1.807, 2.05) is 11.3 Å². The molecule has 0 N–H and O–H groups in total. The molecule has 1 heterocycles. The van der Waals surface area contributed by atoms with Gasteiger partial charge in [0.15, 0.2) is 0 Å². The summed E-state index contributed by atoms with van der Waals surface area (Å²) in [6, 6.07) is 4.51. The van der Waals surface area contributed by atoms with E-state index < -0.39 is 0 Å². The molecule has 14 heavy (non-hydrogen) atoms. The predicted octanol–water partition coefficient (Wildman–Crippen LogP) is 4.65. The van der Waals surface area contributed by atoms with Crippen molar-refractivity contribution in [1.29, 1.82) is 0 Å². The van der Waals surface area contributed by atoms with E-state index in [2.05, 4.69) is 26.0 Å². The Labute approximate surface area is 96.3 Å². The summed E-state index contributed by atoms with van der Waals surface area (Å²) >= 11 is 8.02. The first kappa shape index (κ1) is 12.1. The van der Waals surface area contributed by atoms with Crippen LogP contribution in [0.15, 0.2) is 12.1 Å². The molecule has 0 aliphatic rings. The highest BCUT2D eigenvalue weighted by Crippen LogP contribution is 2.20. The molecule has 1 rings (SSSR count). The fourth-order valence-corrected chi connectivity index (χ4v) is 2.60. The molecule has 0 aliphatic heterocycles. The van der Waals surface area contributed by atoms with E-state index in [0.717, 1.165) is 19.3 Å². The van der Waals surface area contributed by atoms with Crippen molar-refractivity contribution in [1.82, 2.24) is 0 Å². The summed E-state index contributed by atoms with van der Waals surface area (Å²) in [4.78, 5) is 3.01. The van der Waals surface area contributed by atoms with Gasteiger partial charge in [0.1, 0.15) is 0 Å². The van der Waals surface area contributed by atoms with Gasteiger partial charge in [0.25, 0.3) is 0 Å². The first-order valence-corrected chi connectivity index (χ1v) is 6.73.